The van der Waals surface area contributed by atoms with Crippen LogP contribution in [-0.2, 0) is 0 Å². The molecule has 1 amide bonds. The van der Waals surface area contributed by atoms with Crippen LogP contribution in [-0.4, -0.2) is 5.91 Å². The van der Waals surface area contributed by atoms with Gasteiger partial charge in [0.1, 0.15) is 11.6 Å². The number of halogens is 4. The molecule has 0 bridgehead atoms. The zero-order chi connectivity index (χ0) is 14.0. The highest BCUT2D eigenvalue weighted by molar-refractivity contribution is 6.34. The van der Waals surface area contributed by atoms with Gasteiger partial charge in [0.15, 0.2) is 0 Å². The summed E-state index contributed by atoms with van der Waals surface area (Å²) in [6.45, 7) is 0. The minimum absolute atomic E-state index is 0.0239. The Balaban J connectivity index is 2.28. The Kier molecular flexibility index (Phi) is 4.02. The fourth-order valence-corrected chi connectivity index (χ4v) is 1.84. The van der Waals surface area contributed by atoms with Crippen molar-refractivity contribution >= 4 is 34.8 Å². The lowest BCUT2D eigenvalue weighted by molar-refractivity contribution is 0.102. The maximum atomic E-state index is 13.5. The predicted octanol–water partition coefficient (Wildman–Crippen LogP) is 4.52. The van der Waals surface area contributed by atoms with Crippen molar-refractivity contribution < 1.29 is 13.6 Å². The SMILES string of the molecule is O=C(Nc1ccc(F)cc1Cl)c1cc(Cl)ccc1F. The van der Waals surface area contributed by atoms with Gasteiger partial charge in [-0.05, 0) is 36.4 Å². The topological polar surface area (TPSA) is 29.1 Å². The minimum atomic E-state index is -0.714. The maximum absolute atomic E-state index is 13.5. The first-order valence-electron chi connectivity index (χ1n) is 5.19. The molecule has 6 heteroatoms. The van der Waals surface area contributed by atoms with Gasteiger partial charge in [-0.15, -0.1) is 0 Å². The second-order valence-corrected chi connectivity index (χ2v) is 4.55. The molecule has 0 saturated heterocycles. The smallest absolute Gasteiger partial charge is 0.258 e. The number of carbonyl (C=O) groups excluding carboxylic acids is 1. The van der Waals surface area contributed by atoms with E-state index in [9.17, 15) is 13.6 Å². The normalized spacial score (nSPS) is 10.3. The molecular weight excluding hydrogens is 295 g/mol. The van der Waals surface area contributed by atoms with E-state index >= 15 is 0 Å². The molecule has 0 radical (unpaired) electrons. The van der Waals surface area contributed by atoms with Gasteiger partial charge >= 0.3 is 0 Å². The molecule has 0 aliphatic heterocycles. The van der Waals surface area contributed by atoms with E-state index in [1.165, 1.54) is 18.2 Å². The van der Waals surface area contributed by atoms with E-state index in [2.05, 4.69) is 5.32 Å². The molecule has 0 aliphatic rings. The van der Waals surface area contributed by atoms with Crippen molar-refractivity contribution in [2.75, 3.05) is 5.32 Å². The van der Waals surface area contributed by atoms with E-state index in [1.54, 1.807) is 0 Å². The van der Waals surface area contributed by atoms with Gasteiger partial charge in [-0.25, -0.2) is 8.78 Å². The standard InChI is InChI=1S/C13H7Cl2F2NO/c14-7-1-3-11(17)9(5-7)13(19)18-12-4-2-8(16)6-10(12)15/h1-6H,(H,18,19). The third-order valence-corrected chi connectivity index (χ3v) is 2.90. The molecule has 0 spiro atoms. The van der Waals surface area contributed by atoms with Gasteiger partial charge in [0.05, 0.1) is 16.3 Å². The Bertz CT molecular complexity index is 647. The summed E-state index contributed by atoms with van der Waals surface area (Å²) in [4.78, 5) is 11.9. The zero-order valence-corrected chi connectivity index (χ0v) is 10.9. The predicted molar refractivity (Wildman–Crippen MR) is 70.8 cm³/mol. The lowest BCUT2D eigenvalue weighted by Gasteiger charge is -2.08. The quantitative estimate of drug-likeness (QED) is 0.868. The monoisotopic (exact) mass is 301 g/mol. The Hall–Kier alpha value is -1.65. The van der Waals surface area contributed by atoms with E-state index in [0.717, 1.165) is 18.2 Å². The molecule has 0 atom stereocenters. The molecule has 2 aromatic carbocycles. The van der Waals surface area contributed by atoms with Crippen molar-refractivity contribution in [1.29, 1.82) is 0 Å². The van der Waals surface area contributed by atoms with Gasteiger partial charge in [0.2, 0.25) is 0 Å². The van der Waals surface area contributed by atoms with Crippen LogP contribution in [0, 0.1) is 11.6 Å². The van der Waals surface area contributed by atoms with Crippen molar-refractivity contribution in [1.82, 2.24) is 0 Å². The van der Waals surface area contributed by atoms with Crippen LogP contribution in [0.2, 0.25) is 10.0 Å². The van der Waals surface area contributed by atoms with Crippen molar-refractivity contribution in [2.24, 2.45) is 0 Å². The third-order valence-electron chi connectivity index (χ3n) is 2.35. The van der Waals surface area contributed by atoms with Crippen molar-refractivity contribution in [3.05, 3.63) is 63.6 Å². The van der Waals surface area contributed by atoms with Gasteiger partial charge in [-0.3, -0.25) is 4.79 Å². The number of hydrogen-bond donors (Lipinski definition) is 1. The molecule has 0 heterocycles. The van der Waals surface area contributed by atoms with E-state index in [0.29, 0.717) is 0 Å². The van der Waals surface area contributed by atoms with Crippen LogP contribution >= 0.6 is 23.2 Å². The number of anilines is 1. The maximum Gasteiger partial charge on any atom is 0.258 e. The van der Waals surface area contributed by atoms with Gasteiger partial charge in [0, 0.05) is 5.02 Å². The highest BCUT2D eigenvalue weighted by Gasteiger charge is 2.14. The summed E-state index contributed by atoms with van der Waals surface area (Å²) >= 11 is 11.5. The summed E-state index contributed by atoms with van der Waals surface area (Å²) in [7, 11) is 0. The number of nitrogens with one attached hydrogen (secondary N) is 1. The van der Waals surface area contributed by atoms with Gasteiger partial charge in [-0.2, -0.15) is 0 Å². The average Bonchev–Trinajstić information content (AvgIpc) is 2.35. The number of benzene rings is 2. The largest absolute Gasteiger partial charge is 0.321 e. The Morgan fingerprint density at radius 2 is 1.79 bits per heavy atom. The van der Waals surface area contributed by atoms with Crippen LogP contribution in [0.1, 0.15) is 10.4 Å². The molecular formula is C13H7Cl2F2NO. The second kappa shape index (κ2) is 5.55. The van der Waals surface area contributed by atoms with Crippen LogP contribution in [0.3, 0.4) is 0 Å². The number of hydrogen-bond acceptors (Lipinski definition) is 1. The number of amides is 1. The van der Waals surface area contributed by atoms with Crippen LogP contribution in [0.15, 0.2) is 36.4 Å². The molecule has 0 fully saturated rings. The van der Waals surface area contributed by atoms with E-state index in [1.807, 2.05) is 0 Å². The Morgan fingerprint density at radius 3 is 2.47 bits per heavy atom. The fraction of sp³-hybridized carbons (Fsp3) is 0. The Labute approximate surface area is 118 Å². The highest BCUT2D eigenvalue weighted by Crippen LogP contribution is 2.24. The summed E-state index contributed by atoms with van der Waals surface area (Å²) in [5, 5.41) is 2.64. The van der Waals surface area contributed by atoms with E-state index in [-0.39, 0.29) is 21.3 Å². The van der Waals surface area contributed by atoms with Gasteiger partial charge in [-0.1, -0.05) is 23.2 Å². The highest BCUT2D eigenvalue weighted by atomic mass is 35.5. The summed E-state index contributed by atoms with van der Waals surface area (Å²) in [5.41, 5.74) is -0.0275. The van der Waals surface area contributed by atoms with Crippen molar-refractivity contribution in [3.8, 4) is 0 Å². The molecule has 98 valence electrons. The summed E-state index contributed by atoms with van der Waals surface area (Å²) < 4.78 is 26.3. The number of rotatable bonds is 2. The summed E-state index contributed by atoms with van der Waals surface area (Å²) in [5.74, 6) is -1.95. The van der Waals surface area contributed by atoms with Crippen molar-refractivity contribution in [2.45, 2.75) is 0 Å². The van der Waals surface area contributed by atoms with Crippen LogP contribution in [0.4, 0.5) is 14.5 Å². The van der Waals surface area contributed by atoms with Gasteiger partial charge in [0.25, 0.3) is 5.91 Å². The van der Waals surface area contributed by atoms with E-state index < -0.39 is 17.5 Å². The molecule has 19 heavy (non-hydrogen) atoms. The lowest BCUT2D eigenvalue weighted by Crippen LogP contribution is -2.14. The van der Waals surface area contributed by atoms with E-state index in [4.69, 9.17) is 23.2 Å². The van der Waals surface area contributed by atoms with Crippen LogP contribution in [0.25, 0.3) is 0 Å². The first-order valence-corrected chi connectivity index (χ1v) is 5.94. The van der Waals surface area contributed by atoms with Crippen LogP contribution < -0.4 is 5.32 Å². The van der Waals surface area contributed by atoms with Crippen molar-refractivity contribution in [3.63, 3.8) is 0 Å². The molecule has 0 aromatic heterocycles. The molecule has 0 aliphatic carbocycles. The molecule has 0 unspecified atom stereocenters. The average molecular weight is 302 g/mol. The summed E-state index contributed by atoms with van der Waals surface area (Å²) in [6.07, 6.45) is 0. The Morgan fingerprint density at radius 1 is 1.05 bits per heavy atom. The third kappa shape index (κ3) is 3.22. The lowest BCUT2D eigenvalue weighted by atomic mass is 10.2. The number of carbonyl (C=O) groups is 1. The molecule has 2 nitrogen and oxygen atoms in total. The minimum Gasteiger partial charge on any atom is -0.321 e. The first kappa shape index (κ1) is 13.8. The fourth-order valence-electron chi connectivity index (χ4n) is 1.45. The molecule has 0 saturated carbocycles. The molecule has 2 rings (SSSR count). The summed E-state index contributed by atoms with van der Waals surface area (Å²) in [6, 6.07) is 7.09. The zero-order valence-electron chi connectivity index (χ0n) is 9.38. The second-order valence-electron chi connectivity index (χ2n) is 3.70. The first-order chi connectivity index (χ1) is 8.97. The molecule has 1 N–H and O–H groups in total. The molecule has 2 aromatic rings. The van der Waals surface area contributed by atoms with Gasteiger partial charge < -0.3 is 5.32 Å². The van der Waals surface area contributed by atoms with Crippen LogP contribution in [0.5, 0.6) is 0 Å².